The Hall–Kier alpha value is -1.77. The number of hydrogen-bond donors (Lipinski definition) is 0. The van der Waals surface area contributed by atoms with Crippen molar-refractivity contribution in [3.05, 3.63) is 35.6 Å². The van der Waals surface area contributed by atoms with E-state index in [1.54, 1.807) is 13.0 Å². The molecule has 0 bridgehead atoms. The number of esters is 1. The van der Waals surface area contributed by atoms with Crippen molar-refractivity contribution in [2.45, 2.75) is 13.8 Å². The first-order valence-electron chi connectivity index (χ1n) is 4.88. The van der Waals surface area contributed by atoms with Gasteiger partial charge in [-0.1, -0.05) is 18.2 Å². The number of ether oxygens (including phenoxy) is 1. The summed E-state index contributed by atoms with van der Waals surface area (Å²) >= 11 is 0. The predicted octanol–water partition coefficient (Wildman–Crippen LogP) is 2.92. The first kappa shape index (κ1) is 9.77. The van der Waals surface area contributed by atoms with Crippen LogP contribution in [-0.4, -0.2) is 12.6 Å². The number of carbonyl (C=O) groups excluding carboxylic acids is 1. The normalized spacial score (nSPS) is 10.5. The molecule has 0 aliphatic heterocycles. The van der Waals surface area contributed by atoms with Crippen LogP contribution in [0.4, 0.5) is 0 Å². The standard InChI is InChI=1S/C12H12O3/c1-3-14-12(13)10-7-9-6-4-5-8(2)11(9)15-10/h4-7H,3H2,1-2H3. The van der Waals surface area contributed by atoms with E-state index in [0.29, 0.717) is 6.61 Å². The Balaban J connectivity index is 2.47. The van der Waals surface area contributed by atoms with Gasteiger partial charge in [0.2, 0.25) is 5.76 Å². The van der Waals surface area contributed by atoms with Gasteiger partial charge in [0, 0.05) is 5.39 Å². The second-order valence-corrected chi connectivity index (χ2v) is 3.32. The van der Waals surface area contributed by atoms with E-state index >= 15 is 0 Å². The molecule has 3 nitrogen and oxygen atoms in total. The van der Waals surface area contributed by atoms with E-state index in [2.05, 4.69) is 0 Å². The van der Waals surface area contributed by atoms with Crippen molar-refractivity contribution in [1.82, 2.24) is 0 Å². The molecular weight excluding hydrogens is 192 g/mol. The van der Waals surface area contributed by atoms with Gasteiger partial charge in [-0.2, -0.15) is 0 Å². The Labute approximate surface area is 87.6 Å². The molecule has 0 saturated heterocycles. The third kappa shape index (κ3) is 1.73. The maximum Gasteiger partial charge on any atom is 0.374 e. The zero-order valence-corrected chi connectivity index (χ0v) is 8.74. The summed E-state index contributed by atoms with van der Waals surface area (Å²) < 4.78 is 10.3. The van der Waals surface area contributed by atoms with Gasteiger partial charge in [-0.15, -0.1) is 0 Å². The van der Waals surface area contributed by atoms with Crippen molar-refractivity contribution >= 4 is 16.9 Å². The fourth-order valence-electron chi connectivity index (χ4n) is 1.51. The molecule has 0 amide bonds. The largest absolute Gasteiger partial charge is 0.460 e. The molecule has 0 atom stereocenters. The van der Waals surface area contributed by atoms with Gasteiger partial charge < -0.3 is 9.15 Å². The number of furan rings is 1. The van der Waals surface area contributed by atoms with Crippen molar-refractivity contribution in [2.75, 3.05) is 6.61 Å². The quantitative estimate of drug-likeness (QED) is 0.706. The molecule has 1 aromatic carbocycles. The topological polar surface area (TPSA) is 39.4 Å². The average Bonchev–Trinajstić information content (AvgIpc) is 2.63. The van der Waals surface area contributed by atoms with Gasteiger partial charge in [-0.25, -0.2) is 4.79 Å². The summed E-state index contributed by atoms with van der Waals surface area (Å²) in [5.41, 5.74) is 1.77. The molecule has 2 rings (SSSR count). The fourth-order valence-corrected chi connectivity index (χ4v) is 1.51. The number of benzene rings is 1. The lowest BCUT2D eigenvalue weighted by Gasteiger charge is -1.96. The number of hydrogen-bond acceptors (Lipinski definition) is 3. The Morgan fingerprint density at radius 2 is 2.27 bits per heavy atom. The SMILES string of the molecule is CCOC(=O)c1cc2cccc(C)c2o1. The van der Waals surface area contributed by atoms with Crippen molar-refractivity contribution in [1.29, 1.82) is 0 Å². The van der Waals surface area contributed by atoms with Crippen molar-refractivity contribution in [2.24, 2.45) is 0 Å². The van der Waals surface area contributed by atoms with E-state index in [9.17, 15) is 4.79 Å². The monoisotopic (exact) mass is 204 g/mol. The molecule has 1 aromatic heterocycles. The third-order valence-electron chi connectivity index (χ3n) is 2.22. The van der Waals surface area contributed by atoms with E-state index in [1.165, 1.54) is 0 Å². The first-order chi connectivity index (χ1) is 7.22. The van der Waals surface area contributed by atoms with Gasteiger partial charge in [0.05, 0.1) is 6.61 Å². The second kappa shape index (κ2) is 3.77. The Bertz CT molecular complexity index is 497. The highest BCUT2D eigenvalue weighted by molar-refractivity contribution is 5.93. The minimum Gasteiger partial charge on any atom is -0.460 e. The van der Waals surface area contributed by atoms with Crippen LogP contribution in [-0.2, 0) is 4.74 Å². The summed E-state index contributed by atoms with van der Waals surface area (Å²) in [6, 6.07) is 7.50. The number of para-hydroxylation sites is 1. The van der Waals surface area contributed by atoms with E-state index < -0.39 is 5.97 Å². The van der Waals surface area contributed by atoms with Crippen LogP contribution in [0.3, 0.4) is 0 Å². The molecule has 0 radical (unpaired) electrons. The molecule has 0 fully saturated rings. The van der Waals surface area contributed by atoms with Gasteiger partial charge in [-0.05, 0) is 25.5 Å². The summed E-state index contributed by atoms with van der Waals surface area (Å²) in [4.78, 5) is 11.4. The molecule has 0 N–H and O–H groups in total. The minimum atomic E-state index is -0.409. The van der Waals surface area contributed by atoms with Crippen molar-refractivity contribution in [3.8, 4) is 0 Å². The molecule has 78 valence electrons. The molecule has 0 saturated carbocycles. The molecule has 0 aliphatic carbocycles. The molecular formula is C12H12O3. The molecule has 0 spiro atoms. The van der Waals surface area contributed by atoms with Crippen LogP contribution < -0.4 is 0 Å². The molecule has 3 heteroatoms. The summed E-state index contributed by atoms with van der Waals surface area (Å²) in [5, 5.41) is 0.929. The lowest BCUT2D eigenvalue weighted by molar-refractivity contribution is 0.0492. The lowest BCUT2D eigenvalue weighted by Crippen LogP contribution is -2.02. The highest BCUT2D eigenvalue weighted by atomic mass is 16.5. The van der Waals surface area contributed by atoms with Crippen LogP contribution in [0.2, 0.25) is 0 Å². The summed E-state index contributed by atoms with van der Waals surface area (Å²) in [5.74, 6) is -0.144. The summed E-state index contributed by atoms with van der Waals surface area (Å²) in [6.45, 7) is 4.07. The zero-order valence-electron chi connectivity index (χ0n) is 8.74. The summed E-state index contributed by atoms with van der Waals surface area (Å²) in [6.07, 6.45) is 0. The Morgan fingerprint density at radius 1 is 1.47 bits per heavy atom. The van der Waals surface area contributed by atoms with Crippen LogP contribution in [0.25, 0.3) is 11.0 Å². The van der Waals surface area contributed by atoms with Gasteiger partial charge in [0.25, 0.3) is 0 Å². The first-order valence-corrected chi connectivity index (χ1v) is 4.88. The van der Waals surface area contributed by atoms with E-state index in [4.69, 9.17) is 9.15 Å². The van der Waals surface area contributed by atoms with Gasteiger partial charge >= 0.3 is 5.97 Å². The molecule has 0 unspecified atom stereocenters. The highest BCUT2D eigenvalue weighted by Gasteiger charge is 2.13. The number of fused-ring (bicyclic) bond motifs is 1. The maximum atomic E-state index is 11.4. The van der Waals surface area contributed by atoms with Crippen molar-refractivity contribution < 1.29 is 13.9 Å². The van der Waals surface area contributed by atoms with Crippen LogP contribution in [0.5, 0.6) is 0 Å². The Morgan fingerprint density at radius 3 is 2.93 bits per heavy atom. The molecule has 0 aliphatic rings. The van der Waals surface area contributed by atoms with E-state index in [1.807, 2.05) is 25.1 Å². The zero-order chi connectivity index (χ0) is 10.8. The van der Waals surface area contributed by atoms with Gasteiger partial charge in [0.1, 0.15) is 5.58 Å². The van der Waals surface area contributed by atoms with Crippen LogP contribution in [0.15, 0.2) is 28.7 Å². The van der Waals surface area contributed by atoms with Crippen LogP contribution >= 0.6 is 0 Å². The smallest absolute Gasteiger partial charge is 0.374 e. The lowest BCUT2D eigenvalue weighted by atomic mass is 10.2. The Kier molecular flexibility index (Phi) is 2.46. The number of carbonyl (C=O) groups is 1. The number of aryl methyl sites for hydroxylation is 1. The average molecular weight is 204 g/mol. The minimum absolute atomic E-state index is 0.265. The third-order valence-corrected chi connectivity index (χ3v) is 2.22. The van der Waals surface area contributed by atoms with Crippen LogP contribution in [0, 0.1) is 6.92 Å². The van der Waals surface area contributed by atoms with Gasteiger partial charge in [-0.3, -0.25) is 0 Å². The van der Waals surface area contributed by atoms with Crippen LogP contribution in [0.1, 0.15) is 23.0 Å². The van der Waals surface area contributed by atoms with Crippen molar-refractivity contribution in [3.63, 3.8) is 0 Å². The molecule has 15 heavy (non-hydrogen) atoms. The second-order valence-electron chi connectivity index (χ2n) is 3.32. The molecule has 1 heterocycles. The highest BCUT2D eigenvalue weighted by Crippen LogP contribution is 2.22. The van der Waals surface area contributed by atoms with Gasteiger partial charge in [0.15, 0.2) is 0 Å². The molecule has 2 aromatic rings. The fraction of sp³-hybridized carbons (Fsp3) is 0.250. The predicted molar refractivity (Wildman–Crippen MR) is 56.9 cm³/mol. The number of rotatable bonds is 2. The summed E-state index contributed by atoms with van der Waals surface area (Å²) in [7, 11) is 0. The van der Waals surface area contributed by atoms with E-state index in [-0.39, 0.29) is 5.76 Å². The maximum absolute atomic E-state index is 11.4. The van der Waals surface area contributed by atoms with E-state index in [0.717, 1.165) is 16.5 Å².